The molecule has 0 radical (unpaired) electrons. The van der Waals surface area contributed by atoms with Crippen molar-refractivity contribution in [2.24, 2.45) is 0 Å². The van der Waals surface area contributed by atoms with Crippen LogP contribution in [-0.2, 0) is 11.2 Å². The van der Waals surface area contributed by atoms with Crippen LogP contribution in [-0.4, -0.2) is 29.8 Å². The second-order valence-electron chi connectivity index (χ2n) is 6.15. The molecule has 3 heterocycles. The number of anilines is 1. The number of ketones is 1. The summed E-state index contributed by atoms with van der Waals surface area (Å²) in [4.78, 5) is 29.6. The van der Waals surface area contributed by atoms with E-state index in [0.29, 0.717) is 12.4 Å². The van der Waals surface area contributed by atoms with Gasteiger partial charge >= 0.3 is 5.91 Å². The van der Waals surface area contributed by atoms with Crippen molar-refractivity contribution in [3.05, 3.63) is 51.5 Å². The van der Waals surface area contributed by atoms with Crippen molar-refractivity contribution in [1.29, 1.82) is 0 Å². The number of thiophene rings is 1. The molecule has 1 aromatic heterocycles. The molecule has 6 heteroatoms. The molecule has 24 heavy (non-hydrogen) atoms. The standard InChI is InChI=1S/C18H17FN2O2S/c1-2-14-12-6-8-24-16(12)5-7-20(14)10-21-15-4-3-11(19)9-13(15)17(22)18(21)23/h3-4,6,8-9,14H,2,5,7,10H2,1H3/t14-/m0/s1. The topological polar surface area (TPSA) is 40.6 Å². The van der Waals surface area contributed by atoms with Crippen LogP contribution < -0.4 is 4.90 Å². The predicted octanol–water partition coefficient (Wildman–Crippen LogP) is 3.38. The van der Waals surface area contributed by atoms with E-state index in [2.05, 4.69) is 23.3 Å². The van der Waals surface area contributed by atoms with E-state index in [9.17, 15) is 14.0 Å². The van der Waals surface area contributed by atoms with Crippen LogP contribution in [0, 0.1) is 5.82 Å². The summed E-state index contributed by atoms with van der Waals surface area (Å²) in [5.41, 5.74) is 2.00. The Morgan fingerprint density at radius 1 is 1.29 bits per heavy atom. The minimum atomic E-state index is -0.620. The van der Waals surface area contributed by atoms with Crippen LogP contribution in [0.5, 0.6) is 0 Å². The Hall–Kier alpha value is -2.05. The molecular formula is C18H17FN2O2S. The van der Waals surface area contributed by atoms with E-state index in [1.165, 1.54) is 27.5 Å². The molecule has 2 aliphatic heterocycles. The van der Waals surface area contributed by atoms with Crippen molar-refractivity contribution in [2.75, 3.05) is 18.1 Å². The summed E-state index contributed by atoms with van der Waals surface area (Å²) in [6.07, 6.45) is 1.89. The molecule has 2 aliphatic rings. The van der Waals surface area contributed by atoms with Crippen LogP contribution >= 0.6 is 11.3 Å². The highest BCUT2D eigenvalue weighted by Gasteiger charge is 2.38. The summed E-state index contributed by atoms with van der Waals surface area (Å²) in [5, 5.41) is 2.11. The molecule has 1 atom stereocenters. The van der Waals surface area contributed by atoms with Gasteiger partial charge in [0.1, 0.15) is 5.82 Å². The molecule has 0 saturated carbocycles. The number of nitrogens with zero attached hydrogens (tertiary/aromatic N) is 2. The lowest BCUT2D eigenvalue weighted by Gasteiger charge is -2.37. The number of hydrogen-bond donors (Lipinski definition) is 0. The van der Waals surface area contributed by atoms with E-state index < -0.39 is 17.5 Å². The fraction of sp³-hybridized carbons (Fsp3) is 0.333. The van der Waals surface area contributed by atoms with E-state index in [1.54, 1.807) is 11.3 Å². The number of carbonyl (C=O) groups excluding carboxylic acids is 2. The van der Waals surface area contributed by atoms with Crippen molar-refractivity contribution in [2.45, 2.75) is 25.8 Å². The smallest absolute Gasteiger partial charge is 0.291 e. The number of amides is 1. The highest BCUT2D eigenvalue weighted by molar-refractivity contribution is 7.10. The molecule has 0 fully saturated rings. The minimum Gasteiger partial charge on any atom is -0.291 e. The van der Waals surface area contributed by atoms with Gasteiger partial charge in [0.05, 0.1) is 17.9 Å². The second kappa shape index (κ2) is 5.79. The van der Waals surface area contributed by atoms with Crippen molar-refractivity contribution in [1.82, 2.24) is 4.90 Å². The molecule has 0 spiro atoms. The minimum absolute atomic E-state index is 0.168. The van der Waals surface area contributed by atoms with Gasteiger partial charge in [-0.05, 0) is 48.1 Å². The zero-order chi connectivity index (χ0) is 16.8. The first kappa shape index (κ1) is 15.5. The van der Waals surface area contributed by atoms with Crippen molar-refractivity contribution in [3.63, 3.8) is 0 Å². The van der Waals surface area contributed by atoms with Gasteiger partial charge in [-0.2, -0.15) is 0 Å². The molecule has 0 aliphatic carbocycles. The maximum atomic E-state index is 13.4. The highest BCUT2D eigenvalue weighted by atomic mass is 32.1. The number of halogens is 1. The maximum Gasteiger partial charge on any atom is 0.300 e. The summed E-state index contributed by atoms with van der Waals surface area (Å²) >= 11 is 1.78. The van der Waals surface area contributed by atoms with Crippen LogP contribution in [0.4, 0.5) is 10.1 Å². The number of hydrogen-bond acceptors (Lipinski definition) is 4. The largest absolute Gasteiger partial charge is 0.300 e. The third-order valence-electron chi connectivity index (χ3n) is 4.85. The van der Waals surface area contributed by atoms with Crippen LogP contribution in [0.1, 0.15) is 40.2 Å². The van der Waals surface area contributed by atoms with E-state index in [-0.39, 0.29) is 11.6 Å². The molecule has 4 nitrogen and oxygen atoms in total. The Morgan fingerprint density at radius 2 is 2.12 bits per heavy atom. The molecular weight excluding hydrogens is 327 g/mol. The van der Waals surface area contributed by atoms with Gasteiger partial charge in [0, 0.05) is 17.5 Å². The average molecular weight is 344 g/mol. The summed E-state index contributed by atoms with van der Waals surface area (Å²) in [6.45, 7) is 3.34. The van der Waals surface area contributed by atoms with Gasteiger partial charge in [-0.3, -0.25) is 19.4 Å². The van der Waals surface area contributed by atoms with Gasteiger partial charge < -0.3 is 0 Å². The third kappa shape index (κ3) is 2.29. The molecule has 4 rings (SSSR count). The van der Waals surface area contributed by atoms with Gasteiger partial charge in [-0.25, -0.2) is 4.39 Å². The van der Waals surface area contributed by atoms with E-state index >= 15 is 0 Å². The number of fused-ring (bicyclic) bond motifs is 2. The van der Waals surface area contributed by atoms with Crippen LogP contribution in [0.25, 0.3) is 0 Å². The maximum absolute atomic E-state index is 13.4. The molecule has 124 valence electrons. The Bertz CT molecular complexity index is 832. The Balaban J connectivity index is 1.64. The average Bonchev–Trinajstić information content (AvgIpc) is 3.14. The van der Waals surface area contributed by atoms with Crippen molar-refractivity contribution >= 4 is 28.7 Å². The van der Waals surface area contributed by atoms with Crippen LogP contribution in [0.3, 0.4) is 0 Å². The molecule has 0 bridgehead atoms. The SMILES string of the molecule is CC[C@H]1c2ccsc2CCN1CN1C(=O)C(=O)c2cc(F)ccc21. The molecule has 0 saturated heterocycles. The number of rotatable bonds is 3. The molecule has 2 aromatic rings. The lowest BCUT2D eigenvalue weighted by molar-refractivity contribution is -0.114. The number of carbonyl (C=O) groups is 2. The Morgan fingerprint density at radius 3 is 2.92 bits per heavy atom. The zero-order valence-electron chi connectivity index (χ0n) is 13.3. The first-order valence-corrected chi connectivity index (χ1v) is 8.94. The Kier molecular flexibility index (Phi) is 3.73. The quantitative estimate of drug-likeness (QED) is 0.802. The lowest BCUT2D eigenvalue weighted by Crippen LogP contribution is -2.45. The lowest BCUT2D eigenvalue weighted by atomic mass is 9.98. The predicted molar refractivity (Wildman–Crippen MR) is 90.8 cm³/mol. The van der Waals surface area contributed by atoms with Gasteiger partial charge in [-0.15, -0.1) is 11.3 Å². The molecule has 0 unspecified atom stereocenters. The highest BCUT2D eigenvalue weighted by Crippen LogP contribution is 2.37. The molecule has 1 amide bonds. The second-order valence-corrected chi connectivity index (χ2v) is 7.15. The monoisotopic (exact) mass is 344 g/mol. The summed E-state index contributed by atoms with van der Waals surface area (Å²) < 4.78 is 13.4. The summed E-state index contributed by atoms with van der Waals surface area (Å²) in [5.74, 6) is -1.68. The number of benzene rings is 1. The van der Waals surface area contributed by atoms with Crippen molar-refractivity contribution < 1.29 is 14.0 Å². The normalized spacial score (nSPS) is 20.4. The van der Waals surface area contributed by atoms with Gasteiger partial charge in [-0.1, -0.05) is 6.92 Å². The van der Waals surface area contributed by atoms with E-state index in [1.807, 2.05) is 0 Å². The van der Waals surface area contributed by atoms with Gasteiger partial charge in [0.25, 0.3) is 5.78 Å². The molecule has 1 aromatic carbocycles. The fourth-order valence-electron chi connectivity index (χ4n) is 3.69. The van der Waals surface area contributed by atoms with E-state index in [0.717, 1.165) is 25.5 Å². The van der Waals surface area contributed by atoms with Crippen LogP contribution in [0.15, 0.2) is 29.6 Å². The number of Topliss-reactive ketones (excluding diaryl/α,β-unsaturated/α-hetero) is 1. The summed E-state index contributed by atoms with van der Waals surface area (Å²) in [7, 11) is 0. The van der Waals surface area contributed by atoms with Crippen molar-refractivity contribution in [3.8, 4) is 0 Å². The van der Waals surface area contributed by atoms with Crippen LogP contribution in [0.2, 0.25) is 0 Å². The zero-order valence-corrected chi connectivity index (χ0v) is 14.1. The van der Waals surface area contributed by atoms with Gasteiger partial charge in [0.15, 0.2) is 0 Å². The first-order chi connectivity index (χ1) is 11.6. The third-order valence-corrected chi connectivity index (χ3v) is 5.85. The fourth-order valence-corrected chi connectivity index (χ4v) is 4.62. The van der Waals surface area contributed by atoms with E-state index in [4.69, 9.17) is 0 Å². The molecule has 0 N–H and O–H groups in total. The first-order valence-electron chi connectivity index (χ1n) is 8.06. The Labute approximate surface area is 143 Å². The van der Waals surface area contributed by atoms with Gasteiger partial charge in [0.2, 0.25) is 0 Å². The summed E-state index contributed by atoms with van der Waals surface area (Å²) in [6, 6.07) is 6.37.